The van der Waals surface area contributed by atoms with Gasteiger partial charge in [-0.2, -0.15) is 5.10 Å². The van der Waals surface area contributed by atoms with Crippen molar-refractivity contribution in [3.8, 4) is 0 Å². The van der Waals surface area contributed by atoms with E-state index in [1.54, 1.807) is 22.1 Å². The number of fused-ring (bicyclic) bond motifs is 3. The van der Waals surface area contributed by atoms with Gasteiger partial charge in [0.2, 0.25) is 0 Å². The summed E-state index contributed by atoms with van der Waals surface area (Å²) in [6.07, 6.45) is 6.36. The first-order valence-corrected chi connectivity index (χ1v) is 9.77. The van der Waals surface area contributed by atoms with Gasteiger partial charge >= 0.3 is 0 Å². The molecule has 0 radical (unpaired) electrons. The number of pyridine rings is 1. The van der Waals surface area contributed by atoms with Crippen molar-refractivity contribution in [1.82, 2.24) is 24.3 Å². The average molecular weight is 409 g/mol. The van der Waals surface area contributed by atoms with E-state index in [0.717, 1.165) is 39.1 Å². The fraction of sp³-hybridized carbons (Fsp3) is 0.211. The van der Waals surface area contributed by atoms with Gasteiger partial charge in [0.1, 0.15) is 22.2 Å². The molecule has 0 amide bonds. The van der Waals surface area contributed by atoms with Gasteiger partial charge in [0, 0.05) is 30.6 Å². The van der Waals surface area contributed by atoms with Crippen molar-refractivity contribution in [1.29, 1.82) is 0 Å². The van der Waals surface area contributed by atoms with E-state index >= 15 is 0 Å². The van der Waals surface area contributed by atoms with Crippen molar-refractivity contribution in [2.75, 3.05) is 12.3 Å². The van der Waals surface area contributed by atoms with E-state index in [2.05, 4.69) is 15.1 Å². The van der Waals surface area contributed by atoms with Gasteiger partial charge in [-0.1, -0.05) is 6.08 Å². The second-order valence-electron chi connectivity index (χ2n) is 6.80. The van der Waals surface area contributed by atoms with Crippen LogP contribution < -0.4 is 11.3 Å². The molecule has 1 aliphatic rings. The average Bonchev–Trinajstić information content (AvgIpc) is 3.36. The van der Waals surface area contributed by atoms with Crippen LogP contribution in [0.15, 0.2) is 40.3 Å². The number of thiazole rings is 1. The first-order valence-electron chi connectivity index (χ1n) is 8.95. The summed E-state index contributed by atoms with van der Waals surface area (Å²) in [5.41, 5.74) is 7.89. The van der Waals surface area contributed by atoms with Crippen LogP contribution in [0, 0.1) is 5.82 Å². The summed E-state index contributed by atoms with van der Waals surface area (Å²) in [7, 11) is 1.81. The monoisotopic (exact) mass is 409 g/mol. The van der Waals surface area contributed by atoms with Crippen LogP contribution >= 0.6 is 11.3 Å². The van der Waals surface area contributed by atoms with E-state index < -0.39 is 5.82 Å². The Labute approximate surface area is 167 Å². The molecule has 0 aliphatic carbocycles. The van der Waals surface area contributed by atoms with Gasteiger partial charge in [-0.25, -0.2) is 19.0 Å². The number of aryl methyl sites for hydroxylation is 1. The maximum atomic E-state index is 13.6. The molecule has 4 aromatic rings. The number of nitrogen functional groups attached to an aromatic ring is 1. The molecule has 5 heterocycles. The Balaban J connectivity index is 1.57. The molecule has 8 nitrogen and oxygen atoms in total. The predicted molar refractivity (Wildman–Crippen MR) is 111 cm³/mol. The molecular formula is C19H16FN7OS. The Bertz CT molecular complexity index is 1380. The largest absolute Gasteiger partial charge is 0.384 e. The first kappa shape index (κ1) is 17.7. The molecule has 0 fully saturated rings. The summed E-state index contributed by atoms with van der Waals surface area (Å²) in [6, 6.07) is 2.37. The standard InChI is InChI=1S/C19H16FN7OS/c1-26-16-13(17-18(26)25-15(29-17)7-11-3-2-4-22-11)8-23-27(19(16)28)9-12-5-10(20)6-14(21)24-12/h2-3,5-6,8H,4,7,9H2,1H3,(H2,21,24). The third-order valence-corrected chi connectivity index (χ3v) is 5.86. The number of aliphatic imine (C=N–C) groups is 1. The van der Waals surface area contributed by atoms with E-state index in [1.807, 2.05) is 19.2 Å². The summed E-state index contributed by atoms with van der Waals surface area (Å²) in [5, 5.41) is 5.97. The maximum absolute atomic E-state index is 13.6. The third-order valence-electron chi connectivity index (χ3n) is 4.79. The minimum atomic E-state index is -0.501. The number of aromatic nitrogens is 5. The molecule has 0 saturated heterocycles. The molecule has 0 spiro atoms. The van der Waals surface area contributed by atoms with E-state index in [0.29, 0.717) is 17.6 Å². The van der Waals surface area contributed by atoms with Crippen LogP contribution in [-0.4, -0.2) is 36.6 Å². The highest BCUT2D eigenvalue weighted by molar-refractivity contribution is 7.19. The number of hydrogen-bond acceptors (Lipinski definition) is 7. The molecular weight excluding hydrogens is 393 g/mol. The zero-order valence-corrected chi connectivity index (χ0v) is 16.3. The first-order chi connectivity index (χ1) is 14.0. The topological polar surface area (TPSA) is 104 Å². The Morgan fingerprint density at radius 2 is 2.17 bits per heavy atom. The van der Waals surface area contributed by atoms with Gasteiger partial charge in [0.25, 0.3) is 5.56 Å². The van der Waals surface area contributed by atoms with Crippen molar-refractivity contribution in [3.63, 3.8) is 0 Å². The van der Waals surface area contributed by atoms with E-state index in [-0.39, 0.29) is 17.9 Å². The lowest BCUT2D eigenvalue weighted by Crippen LogP contribution is -2.25. The molecule has 0 atom stereocenters. The summed E-state index contributed by atoms with van der Waals surface area (Å²) < 4.78 is 17.5. The predicted octanol–water partition coefficient (Wildman–Crippen LogP) is 2.06. The second-order valence-corrected chi connectivity index (χ2v) is 7.89. The molecule has 0 saturated carbocycles. The van der Waals surface area contributed by atoms with Crippen LogP contribution in [0.1, 0.15) is 10.7 Å². The molecule has 2 N–H and O–H groups in total. The number of hydrogen-bond donors (Lipinski definition) is 1. The van der Waals surface area contributed by atoms with Gasteiger partial charge < -0.3 is 10.3 Å². The van der Waals surface area contributed by atoms with Crippen molar-refractivity contribution in [2.45, 2.75) is 13.0 Å². The number of nitrogens with zero attached hydrogens (tertiary/aromatic N) is 6. The minimum absolute atomic E-state index is 0.0282. The van der Waals surface area contributed by atoms with Gasteiger partial charge in [0.05, 0.1) is 29.7 Å². The molecule has 4 aromatic heterocycles. The Morgan fingerprint density at radius 1 is 1.31 bits per heavy atom. The fourth-order valence-corrected chi connectivity index (χ4v) is 4.63. The summed E-state index contributed by atoms with van der Waals surface area (Å²) >= 11 is 1.54. The normalized spacial score (nSPS) is 13.7. The SMILES string of the molecule is Cn1c2nc(CC3=NCC=C3)sc2c2cnn(Cc3cc(F)cc(N)n3)c(=O)c21. The third kappa shape index (κ3) is 3.01. The Morgan fingerprint density at radius 3 is 2.93 bits per heavy atom. The summed E-state index contributed by atoms with van der Waals surface area (Å²) in [6.45, 7) is 0.749. The minimum Gasteiger partial charge on any atom is -0.384 e. The molecule has 146 valence electrons. The number of nitrogens with two attached hydrogens (primary N) is 1. The maximum Gasteiger partial charge on any atom is 0.291 e. The van der Waals surface area contributed by atoms with Crippen LogP contribution in [0.2, 0.25) is 0 Å². The number of rotatable bonds is 4. The van der Waals surface area contributed by atoms with Gasteiger partial charge in [-0.05, 0) is 12.1 Å². The van der Waals surface area contributed by atoms with Crippen molar-refractivity contribution in [2.24, 2.45) is 12.0 Å². The summed E-state index contributed by atoms with van der Waals surface area (Å²) in [4.78, 5) is 26.2. The Kier molecular flexibility index (Phi) is 4.02. The van der Waals surface area contributed by atoms with Gasteiger partial charge in [-0.3, -0.25) is 9.79 Å². The lowest BCUT2D eigenvalue weighted by atomic mass is 10.3. The van der Waals surface area contributed by atoms with Crippen LogP contribution in [0.25, 0.3) is 21.3 Å². The van der Waals surface area contributed by atoms with E-state index in [1.165, 1.54) is 10.7 Å². The van der Waals surface area contributed by atoms with Crippen molar-refractivity contribution >= 4 is 44.1 Å². The molecule has 0 bridgehead atoms. The quantitative estimate of drug-likeness (QED) is 0.556. The highest BCUT2D eigenvalue weighted by Gasteiger charge is 2.19. The van der Waals surface area contributed by atoms with E-state index in [4.69, 9.17) is 10.7 Å². The fourth-order valence-electron chi connectivity index (χ4n) is 3.51. The van der Waals surface area contributed by atoms with Crippen LogP contribution in [-0.2, 0) is 20.0 Å². The lowest BCUT2D eigenvalue weighted by Gasteiger charge is -2.06. The number of allylic oxidation sites excluding steroid dienone is 1. The number of anilines is 1. The zero-order valence-electron chi connectivity index (χ0n) is 15.5. The van der Waals surface area contributed by atoms with Crippen LogP contribution in [0.4, 0.5) is 10.2 Å². The number of halogens is 1. The molecule has 0 unspecified atom stereocenters. The zero-order chi connectivity index (χ0) is 20.1. The Hall–Kier alpha value is -3.40. The highest BCUT2D eigenvalue weighted by Crippen LogP contribution is 2.31. The molecule has 10 heteroatoms. The van der Waals surface area contributed by atoms with Crippen molar-refractivity contribution in [3.05, 3.63) is 57.4 Å². The lowest BCUT2D eigenvalue weighted by molar-refractivity contribution is 0.604. The van der Waals surface area contributed by atoms with Gasteiger partial charge in [-0.15, -0.1) is 11.3 Å². The highest BCUT2D eigenvalue weighted by atomic mass is 32.1. The van der Waals surface area contributed by atoms with Gasteiger partial charge in [0.15, 0.2) is 5.65 Å². The van der Waals surface area contributed by atoms with Crippen LogP contribution in [0.3, 0.4) is 0 Å². The smallest absolute Gasteiger partial charge is 0.291 e. The molecule has 5 rings (SSSR count). The molecule has 1 aliphatic heterocycles. The molecule has 29 heavy (non-hydrogen) atoms. The van der Waals surface area contributed by atoms with E-state index in [9.17, 15) is 9.18 Å². The van der Waals surface area contributed by atoms with Crippen LogP contribution in [0.5, 0.6) is 0 Å². The van der Waals surface area contributed by atoms with Crippen molar-refractivity contribution < 1.29 is 4.39 Å². The molecule has 0 aromatic carbocycles. The second kappa shape index (κ2) is 6.59. The summed E-state index contributed by atoms with van der Waals surface area (Å²) in [5.74, 6) is -0.439.